The summed E-state index contributed by atoms with van der Waals surface area (Å²) in [5.74, 6) is 0.932. The number of nitrogens with two attached hydrogens (primary N) is 2. The van der Waals surface area contributed by atoms with E-state index in [4.69, 9.17) is 23.1 Å². The van der Waals surface area contributed by atoms with Crippen molar-refractivity contribution in [3.8, 4) is 0 Å². The minimum atomic E-state index is 0.116. The van der Waals surface area contributed by atoms with E-state index in [1.54, 1.807) is 18.2 Å². The first-order valence-electron chi connectivity index (χ1n) is 4.67. The fourth-order valence-electron chi connectivity index (χ4n) is 1.28. The number of rotatable bonds is 2. The molecule has 2 rings (SSSR count). The van der Waals surface area contributed by atoms with Crippen LogP contribution in [0.15, 0.2) is 28.7 Å². The van der Waals surface area contributed by atoms with Gasteiger partial charge in [-0.2, -0.15) is 9.97 Å². The maximum Gasteiger partial charge on any atom is 0.223 e. The number of hydrogen-bond acceptors (Lipinski definition) is 5. The number of nitrogen functional groups attached to an aromatic ring is 2. The van der Waals surface area contributed by atoms with Crippen molar-refractivity contribution in [2.45, 2.75) is 0 Å². The second-order valence-corrected chi connectivity index (χ2v) is 4.58. The van der Waals surface area contributed by atoms with Crippen LogP contribution in [0.2, 0.25) is 5.02 Å². The first kappa shape index (κ1) is 11.9. The molecule has 0 unspecified atom stereocenters. The summed E-state index contributed by atoms with van der Waals surface area (Å²) in [6.45, 7) is 0. The van der Waals surface area contributed by atoms with Gasteiger partial charge < -0.3 is 16.8 Å². The number of aromatic nitrogens is 2. The van der Waals surface area contributed by atoms with Crippen LogP contribution in [0, 0.1) is 0 Å². The van der Waals surface area contributed by atoms with E-state index < -0.39 is 0 Å². The fraction of sp³-hybridized carbons (Fsp3) is 0. The third-order valence-electron chi connectivity index (χ3n) is 1.95. The quantitative estimate of drug-likeness (QED) is 0.793. The average molecular weight is 315 g/mol. The smallest absolute Gasteiger partial charge is 0.223 e. The van der Waals surface area contributed by atoms with Gasteiger partial charge in [0.1, 0.15) is 11.6 Å². The second-order valence-electron chi connectivity index (χ2n) is 3.29. The van der Waals surface area contributed by atoms with Gasteiger partial charge in [-0.3, -0.25) is 0 Å². The van der Waals surface area contributed by atoms with Crippen molar-refractivity contribution in [3.05, 3.63) is 33.8 Å². The molecular formula is C10H9BrClN5. The number of nitrogens with zero attached hydrogens (tertiary/aromatic N) is 2. The molecule has 0 aliphatic rings. The highest BCUT2D eigenvalue weighted by Gasteiger charge is 2.04. The molecule has 0 radical (unpaired) electrons. The third-order valence-corrected chi connectivity index (χ3v) is 2.88. The summed E-state index contributed by atoms with van der Waals surface area (Å²) in [6.07, 6.45) is 0. The van der Waals surface area contributed by atoms with E-state index in [2.05, 4.69) is 31.2 Å². The zero-order valence-electron chi connectivity index (χ0n) is 8.61. The summed E-state index contributed by atoms with van der Waals surface area (Å²) in [5.41, 5.74) is 11.8. The Morgan fingerprint density at radius 1 is 1.18 bits per heavy atom. The molecule has 2 aromatic rings. The molecule has 0 saturated carbocycles. The highest BCUT2D eigenvalue weighted by Crippen LogP contribution is 2.28. The van der Waals surface area contributed by atoms with Crippen LogP contribution in [0.25, 0.3) is 0 Å². The molecule has 0 aliphatic heterocycles. The van der Waals surface area contributed by atoms with E-state index in [1.165, 1.54) is 0 Å². The average Bonchev–Trinajstić information content (AvgIpc) is 2.22. The van der Waals surface area contributed by atoms with Gasteiger partial charge in [-0.15, -0.1) is 0 Å². The molecule has 0 bridgehead atoms. The van der Waals surface area contributed by atoms with Crippen molar-refractivity contribution >= 4 is 50.8 Å². The Balaban J connectivity index is 2.34. The summed E-state index contributed by atoms with van der Waals surface area (Å²) in [4.78, 5) is 7.79. The molecule has 5 nitrogen and oxygen atoms in total. The molecule has 0 amide bonds. The Hall–Kier alpha value is -1.53. The van der Waals surface area contributed by atoms with Crippen molar-refractivity contribution in [2.75, 3.05) is 16.8 Å². The SMILES string of the molecule is Nc1cc(Nc2cc(Cl)ccc2Br)nc(N)n1. The zero-order valence-corrected chi connectivity index (χ0v) is 11.0. The zero-order chi connectivity index (χ0) is 12.4. The van der Waals surface area contributed by atoms with Gasteiger partial charge in [0, 0.05) is 15.6 Å². The molecule has 0 saturated heterocycles. The molecular weight excluding hydrogens is 306 g/mol. The molecule has 1 heterocycles. The van der Waals surface area contributed by atoms with Crippen LogP contribution < -0.4 is 16.8 Å². The summed E-state index contributed by atoms with van der Waals surface area (Å²) < 4.78 is 0.859. The number of halogens is 2. The van der Waals surface area contributed by atoms with Crippen LogP contribution >= 0.6 is 27.5 Å². The van der Waals surface area contributed by atoms with Gasteiger partial charge in [0.2, 0.25) is 5.95 Å². The van der Waals surface area contributed by atoms with Gasteiger partial charge in [0.05, 0.1) is 5.69 Å². The van der Waals surface area contributed by atoms with Crippen molar-refractivity contribution in [3.63, 3.8) is 0 Å². The normalized spacial score (nSPS) is 10.2. The summed E-state index contributed by atoms with van der Waals surface area (Å²) in [7, 11) is 0. The van der Waals surface area contributed by atoms with Crippen LogP contribution in [0.3, 0.4) is 0 Å². The molecule has 0 aliphatic carbocycles. The first-order chi connectivity index (χ1) is 8.04. The maximum absolute atomic E-state index is 5.90. The van der Waals surface area contributed by atoms with Crippen molar-refractivity contribution in [2.24, 2.45) is 0 Å². The monoisotopic (exact) mass is 313 g/mol. The maximum atomic E-state index is 5.90. The molecule has 17 heavy (non-hydrogen) atoms. The first-order valence-corrected chi connectivity index (χ1v) is 5.84. The summed E-state index contributed by atoms with van der Waals surface area (Å²) in [5, 5.41) is 3.67. The van der Waals surface area contributed by atoms with Crippen LogP contribution in [0.4, 0.5) is 23.3 Å². The lowest BCUT2D eigenvalue weighted by molar-refractivity contribution is 1.19. The van der Waals surface area contributed by atoms with Crippen molar-refractivity contribution in [1.29, 1.82) is 0 Å². The molecule has 0 spiro atoms. The van der Waals surface area contributed by atoms with Gasteiger partial charge in [-0.05, 0) is 34.1 Å². The van der Waals surface area contributed by atoms with Crippen LogP contribution in [0.1, 0.15) is 0 Å². The van der Waals surface area contributed by atoms with Crippen LogP contribution in [-0.4, -0.2) is 9.97 Å². The number of nitrogens with one attached hydrogen (secondary N) is 1. The standard InChI is InChI=1S/C10H9BrClN5/c11-6-2-1-5(12)3-7(6)15-9-4-8(13)16-10(14)17-9/h1-4H,(H5,13,14,15,16,17). The highest BCUT2D eigenvalue weighted by molar-refractivity contribution is 9.10. The van der Waals surface area contributed by atoms with Crippen molar-refractivity contribution < 1.29 is 0 Å². The number of anilines is 4. The molecule has 7 heteroatoms. The lowest BCUT2D eigenvalue weighted by Gasteiger charge is -2.09. The minimum absolute atomic E-state index is 0.116. The molecule has 1 aromatic heterocycles. The predicted molar refractivity (Wildman–Crippen MR) is 73.3 cm³/mol. The summed E-state index contributed by atoms with van der Waals surface area (Å²) >= 11 is 9.30. The Bertz CT molecular complexity index is 540. The Morgan fingerprint density at radius 3 is 2.65 bits per heavy atom. The Kier molecular flexibility index (Phi) is 3.35. The van der Waals surface area contributed by atoms with Crippen LogP contribution in [-0.2, 0) is 0 Å². The van der Waals surface area contributed by atoms with E-state index in [-0.39, 0.29) is 5.95 Å². The van der Waals surface area contributed by atoms with E-state index in [0.717, 1.165) is 10.2 Å². The molecule has 0 fully saturated rings. The predicted octanol–water partition coefficient (Wildman–Crippen LogP) is 2.80. The van der Waals surface area contributed by atoms with Gasteiger partial charge in [0.25, 0.3) is 0 Å². The number of benzene rings is 1. The lowest BCUT2D eigenvalue weighted by atomic mass is 10.3. The fourth-order valence-corrected chi connectivity index (χ4v) is 1.80. The molecule has 88 valence electrons. The van der Waals surface area contributed by atoms with Crippen molar-refractivity contribution in [1.82, 2.24) is 9.97 Å². The van der Waals surface area contributed by atoms with Gasteiger partial charge in [0.15, 0.2) is 0 Å². The molecule has 1 aromatic carbocycles. The van der Waals surface area contributed by atoms with Gasteiger partial charge >= 0.3 is 0 Å². The lowest BCUT2D eigenvalue weighted by Crippen LogP contribution is -2.03. The Labute approximate surface area is 111 Å². The number of hydrogen-bond donors (Lipinski definition) is 3. The topological polar surface area (TPSA) is 89.8 Å². The molecule has 0 atom stereocenters. The van der Waals surface area contributed by atoms with Gasteiger partial charge in [-0.25, -0.2) is 0 Å². The molecule has 5 N–H and O–H groups in total. The van der Waals surface area contributed by atoms with E-state index in [0.29, 0.717) is 16.7 Å². The van der Waals surface area contributed by atoms with Crippen LogP contribution in [0.5, 0.6) is 0 Å². The third kappa shape index (κ3) is 2.98. The van der Waals surface area contributed by atoms with E-state index in [9.17, 15) is 0 Å². The van der Waals surface area contributed by atoms with E-state index in [1.807, 2.05) is 6.07 Å². The summed E-state index contributed by atoms with van der Waals surface area (Å²) in [6, 6.07) is 6.96. The Morgan fingerprint density at radius 2 is 1.94 bits per heavy atom. The minimum Gasteiger partial charge on any atom is -0.383 e. The largest absolute Gasteiger partial charge is 0.383 e. The van der Waals surface area contributed by atoms with E-state index >= 15 is 0 Å². The van der Waals surface area contributed by atoms with Gasteiger partial charge in [-0.1, -0.05) is 11.6 Å². The highest BCUT2D eigenvalue weighted by atomic mass is 79.9. The second kappa shape index (κ2) is 4.77.